The van der Waals surface area contributed by atoms with Gasteiger partial charge in [0.1, 0.15) is 12.4 Å². The van der Waals surface area contributed by atoms with Crippen molar-refractivity contribution in [2.75, 3.05) is 0 Å². The van der Waals surface area contributed by atoms with Gasteiger partial charge in [0, 0.05) is 5.56 Å². The number of hydrogen-bond acceptors (Lipinski definition) is 3. The molecule has 4 saturated carbocycles. The van der Waals surface area contributed by atoms with Crippen LogP contribution in [0.15, 0.2) is 42.5 Å². The second kappa shape index (κ2) is 6.93. The van der Waals surface area contributed by atoms with Crippen molar-refractivity contribution < 1.29 is 14.8 Å². The zero-order valence-corrected chi connectivity index (χ0v) is 16.6. The summed E-state index contributed by atoms with van der Waals surface area (Å²) < 4.78 is 6.37. The molecule has 28 heavy (non-hydrogen) atoms. The lowest BCUT2D eigenvalue weighted by Gasteiger charge is -2.57. The Labute approximate surface area is 167 Å². The van der Waals surface area contributed by atoms with E-state index in [0.29, 0.717) is 12.1 Å². The molecule has 2 aromatic carbocycles. The molecule has 4 bridgehead atoms. The van der Waals surface area contributed by atoms with Crippen LogP contribution in [0.5, 0.6) is 5.75 Å². The van der Waals surface area contributed by atoms with Gasteiger partial charge in [0.15, 0.2) is 0 Å². The predicted molar refractivity (Wildman–Crippen MR) is 112 cm³/mol. The molecule has 0 aliphatic heterocycles. The molecule has 4 heteroatoms. The van der Waals surface area contributed by atoms with Crippen molar-refractivity contribution in [2.45, 2.75) is 57.5 Å². The van der Waals surface area contributed by atoms with Crippen LogP contribution >= 0.6 is 0 Å². The first kappa shape index (κ1) is 18.3. The molecule has 0 aromatic heterocycles. The molecule has 0 atom stereocenters. The lowest BCUT2D eigenvalue weighted by Crippen LogP contribution is -2.49. The fourth-order valence-corrected chi connectivity index (χ4v) is 6.69. The number of benzene rings is 2. The molecule has 4 aliphatic rings. The van der Waals surface area contributed by atoms with E-state index in [1.165, 1.54) is 44.1 Å². The second-order valence-electron chi connectivity index (χ2n) is 9.55. The summed E-state index contributed by atoms with van der Waals surface area (Å²) in [7, 11) is -1.43. The van der Waals surface area contributed by atoms with E-state index in [-0.39, 0.29) is 5.41 Å². The lowest BCUT2D eigenvalue weighted by molar-refractivity contribution is -0.00644. The standard InChI is InChI=1S/C24H29BO3/c1-16-7-23(28-15-17-5-3-2-4-6-17)21(11-22(16)25(26)27)24-12-18-8-19(13-24)10-20(9-18)14-24/h2-7,11,18-20,26-27H,8-10,12-15H2,1H3. The highest BCUT2D eigenvalue weighted by Gasteiger charge is 2.52. The molecule has 2 N–H and O–H groups in total. The van der Waals surface area contributed by atoms with E-state index in [0.717, 1.165) is 34.6 Å². The molecule has 4 aliphatic carbocycles. The molecule has 3 nitrogen and oxygen atoms in total. The van der Waals surface area contributed by atoms with Crippen LogP contribution < -0.4 is 10.2 Å². The Morgan fingerprint density at radius 1 is 0.964 bits per heavy atom. The number of aryl methyl sites for hydroxylation is 1. The van der Waals surface area contributed by atoms with E-state index in [2.05, 4.69) is 12.1 Å². The second-order valence-corrected chi connectivity index (χ2v) is 9.55. The molecule has 6 rings (SSSR count). The van der Waals surface area contributed by atoms with Crippen LogP contribution in [0.25, 0.3) is 0 Å². The molecule has 146 valence electrons. The van der Waals surface area contributed by atoms with Crippen LogP contribution in [0.2, 0.25) is 0 Å². The van der Waals surface area contributed by atoms with E-state index in [9.17, 15) is 10.0 Å². The van der Waals surface area contributed by atoms with Gasteiger partial charge >= 0.3 is 7.12 Å². The molecule has 0 heterocycles. The third-order valence-electron chi connectivity index (χ3n) is 7.49. The summed E-state index contributed by atoms with van der Waals surface area (Å²) in [4.78, 5) is 0. The van der Waals surface area contributed by atoms with E-state index < -0.39 is 7.12 Å². The minimum atomic E-state index is -1.43. The molecule has 0 spiro atoms. The van der Waals surface area contributed by atoms with Gasteiger partial charge in [-0.15, -0.1) is 0 Å². The fourth-order valence-electron chi connectivity index (χ4n) is 6.69. The Balaban J connectivity index is 1.54. The largest absolute Gasteiger partial charge is 0.489 e. The topological polar surface area (TPSA) is 49.7 Å². The normalized spacial score (nSPS) is 30.5. The van der Waals surface area contributed by atoms with Crippen molar-refractivity contribution in [2.24, 2.45) is 17.8 Å². The highest BCUT2D eigenvalue weighted by Crippen LogP contribution is 2.61. The van der Waals surface area contributed by atoms with Gasteiger partial charge < -0.3 is 14.8 Å². The zero-order chi connectivity index (χ0) is 19.3. The van der Waals surface area contributed by atoms with Crippen molar-refractivity contribution in [3.05, 3.63) is 59.2 Å². The predicted octanol–water partition coefficient (Wildman–Crippen LogP) is 3.72. The SMILES string of the molecule is Cc1cc(OCc2ccccc2)c(C23CC4CC(CC(C4)C2)C3)cc1B(O)O. The summed E-state index contributed by atoms with van der Waals surface area (Å²) in [6, 6.07) is 14.3. The van der Waals surface area contributed by atoms with Gasteiger partial charge in [-0.3, -0.25) is 0 Å². The maximum absolute atomic E-state index is 9.92. The van der Waals surface area contributed by atoms with Gasteiger partial charge in [0.25, 0.3) is 0 Å². The Hall–Kier alpha value is -1.78. The van der Waals surface area contributed by atoms with Gasteiger partial charge in [-0.2, -0.15) is 0 Å². The van der Waals surface area contributed by atoms with Gasteiger partial charge in [-0.25, -0.2) is 0 Å². The summed E-state index contributed by atoms with van der Waals surface area (Å²) >= 11 is 0. The Kier molecular flexibility index (Phi) is 4.52. The molecule has 4 fully saturated rings. The molecule has 0 saturated heterocycles. The van der Waals surface area contributed by atoms with Gasteiger partial charge in [0.05, 0.1) is 0 Å². The van der Waals surface area contributed by atoms with E-state index >= 15 is 0 Å². The van der Waals surface area contributed by atoms with Crippen molar-refractivity contribution in [1.82, 2.24) is 0 Å². The maximum atomic E-state index is 9.92. The third-order valence-corrected chi connectivity index (χ3v) is 7.49. The minimum absolute atomic E-state index is 0.151. The Morgan fingerprint density at radius 3 is 2.14 bits per heavy atom. The van der Waals surface area contributed by atoms with Crippen molar-refractivity contribution in [3.8, 4) is 5.75 Å². The summed E-state index contributed by atoms with van der Waals surface area (Å²) in [6.45, 7) is 2.48. The first-order chi connectivity index (χ1) is 13.5. The number of ether oxygens (including phenoxy) is 1. The molecule has 0 radical (unpaired) electrons. The average molecular weight is 376 g/mol. The Bertz CT molecular complexity index is 826. The van der Waals surface area contributed by atoms with E-state index in [1.807, 2.05) is 37.3 Å². The third kappa shape index (κ3) is 3.17. The van der Waals surface area contributed by atoms with E-state index in [4.69, 9.17) is 4.74 Å². The first-order valence-corrected chi connectivity index (χ1v) is 10.7. The summed E-state index contributed by atoms with van der Waals surface area (Å²) in [5, 5.41) is 19.8. The molecule has 0 amide bonds. The zero-order valence-electron chi connectivity index (χ0n) is 16.6. The van der Waals surface area contributed by atoms with Crippen molar-refractivity contribution in [3.63, 3.8) is 0 Å². The van der Waals surface area contributed by atoms with Gasteiger partial charge in [-0.1, -0.05) is 36.4 Å². The van der Waals surface area contributed by atoms with Crippen LogP contribution in [0.1, 0.15) is 55.2 Å². The Morgan fingerprint density at radius 2 is 1.57 bits per heavy atom. The van der Waals surface area contributed by atoms with Gasteiger partial charge in [-0.05, 0) is 91.3 Å². The molecule has 2 aromatic rings. The van der Waals surface area contributed by atoms with Crippen LogP contribution in [0.3, 0.4) is 0 Å². The van der Waals surface area contributed by atoms with E-state index in [1.54, 1.807) is 0 Å². The highest BCUT2D eigenvalue weighted by atomic mass is 16.5. The monoisotopic (exact) mass is 376 g/mol. The first-order valence-electron chi connectivity index (χ1n) is 10.7. The highest BCUT2D eigenvalue weighted by molar-refractivity contribution is 6.59. The van der Waals surface area contributed by atoms with Crippen LogP contribution in [-0.2, 0) is 12.0 Å². The van der Waals surface area contributed by atoms with Crippen LogP contribution in [0.4, 0.5) is 0 Å². The smallest absolute Gasteiger partial charge is 0.488 e. The van der Waals surface area contributed by atoms with Crippen molar-refractivity contribution >= 4 is 12.6 Å². The van der Waals surface area contributed by atoms with Crippen LogP contribution in [0, 0.1) is 24.7 Å². The average Bonchev–Trinajstić information content (AvgIpc) is 2.65. The minimum Gasteiger partial charge on any atom is -0.489 e. The summed E-state index contributed by atoms with van der Waals surface area (Å²) in [5.74, 6) is 3.43. The molecule has 0 unspecified atom stereocenters. The van der Waals surface area contributed by atoms with Crippen LogP contribution in [-0.4, -0.2) is 17.2 Å². The quantitative estimate of drug-likeness (QED) is 0.782. The molecular weight excluding hydrogens is 347 g/mol. The summed E-state index contributed by atoms with van der Waals surface area (Å²) in [5.41, 5.74) is 4.03. The van der Waals surface area contributed by atoms with Gasteiger partial charge in [0.2, 0.25) is 0 Å². The summed E-state index contributed by atoms with van der Waals surface area (Å²) in [6.07, 6.45) is 7.85. The van der Waals surface area contributed by atoms with Crippen molar-refractivity contribution in [1.29, 1.82) is 0 Å². The number of hydrogen-bond donors (Lipinski definition) is 2. The molecular formula is C24H29BO3. The maximum Gasteiger partial charge on any atom is 0.488 e. The number of rotatable bonds is 5. The fraction of sp³-hybridized carbons (Fsp3) is 0.500. The lowest BCUT2D eigenvalue weighted by atomic mass is 9.47.